The predicted molar refractivity (Wildman–Crippen MR) is 130 cm³/mol. The van der Waals surface area contributed by atoms with Crippen molar-refractivity contribution in [3.8, 4) is 0 Å². The van der Waals surface area contributed by atoms with Crippen LogP contribution in [0.5, 0.6) is 0 Å². The molecule has 3 amide bonds. The largest absolute Gasteiger partial charge is 0.454 e. The molecule has 0 unspecified atom stereocenters. The number of amides is 3. The van der Waals surface area contributed by atoms with Crippen LogP contribution < -0.4 is 5.32 Å². The number of fused-ring (bicyclic) bond motifs is 1. The van der Waals surface area contributed by atoms with Crippen molar-refractivity contribution in [1.29, 1.82) is 0 Å². The fourth-order valence-corrected chi connectivity index (χ4v) is 4.68. The van der Waals surface area contributed by atoms with Gasteiger partial charge in [0.1, 0.15) is 6.04 Å². The number of rotatable bonds is 7. The molecule has 176 valence electrons. The molecule has 0 aromatic heterocycles. The zero-order valence-electron chi connectivity index (χ0n) is 18.1. The number of nitrogens with zero attached hydrogens (tertiary/aromatic N) is 1. The summed E-state index contributed by atoms with van der Waals surface area (Å²) in [5.41, 5.74) is 1.21. The summed E-state index contributed by atoms with van der Waals surface area (Å²) in [6.07, 6.45) is 4.82. The fraction of sp³-hybridized carbons (Fsp3) is 0.280. The molecule has 1 fully saturated rings. The molecule has 0 bridgehead atoms. The molecule has 0 spiro atoms. The van der Waals surface area contributed by atoms with E-state index in [1.54, 1.807) is 18.2 Å². The first kappa shape index (κ1) is 24.2. The zero-order valence-corrected chi connectivity index (χ0v) is 20.4. The monoisotopic (exact) mass is 544 g/mol. The number of ether oxygens (including phenoxy) is 1. The molecular formula is C25H22BrClN2O5. The number of carbonyl (C=O) groups is 4. The third-order valence-electron chi connectivity index (χ3n) is 5.95. The lowest BCUT2D eigenvalue weighted by atomic mass is 9.85. The molecule has 3 atom stereocenters. The van der Waals surface area contributed by atoms with Gasteiger partial charge in [0.15, 0.2) is 6.61 Å². The lowest BCUT2D eigenvalue weighted by molar-refractivity contribution is -0.159. The van der Waals surface area contributed by atoms with Gasteiger partial charge in [-0.3, -0.25) is 19.3 Å². The Balaban J connectivity index is 1.48. The Hall–Kier alpha value is -2.97. The van der Waals surface area contributed by atoms with E-state index in [0.29, 0.717) is 28.0 Å². The average Bonchev–Trinajstić information content (AvgIpc) is 3.09. The van der Waals surface area contributed by atoms with Gasteiger partial charge in [0, 0.05) is 16.6 Å². The zero-order chi connectivity index (χ0) is 24.2. The van der Waals surface area contributed by atoms with Crippen LogP contribution in [-0.4, -0.2) is 41.2 Å². The second-order valence-corrected chi connectivity index (χ2v) is 9.45. The summed E-state index contributed by atoms with van der Waals surface area (Å²) in [5, 5.41) is 3.02. The summed E-state index contributed by atoms with van der Waals surface area (Å²) in [6.45, 7) is -0.567. The molecule has 0 saturated carbocycles. The molecule has 7 nitrogen and oxygen atoms in total. The van der Waals surface area contributed by atoms with Gasteiger partial charge < -0.3 is 10.1 Å². The van der Waals surface area contributed by atoms with E-state index in [9.17, 15) is 19.2 Å². The minimum absolute atomic E-state index is 0.105. The molecular weight excluding hydrogens is 524 g/mol. The predicted octanol–water partition coefficient (Wildman–Crippen LogP) is 4.15. The van der Waals surface area contributed by atoms with Gasteiger partial charge in [0.05, 0.1) is 16.9 Å². The third-order valence-corrected chi connectivity index (χ3v) is 7.18. The number of imide groups is 1. The lowest BCUT2D eigenvalue weighted by Gasteiger charge is -2.25. The van der Waals surface area contributed by atoms with Crippen LogP contribution in [0.4, 0.5) is 5.69 Å². The minimum Gasteiger partial charge on any atom is -0.454 e. The quantitative estimate of drug-likeness (QED) is 0.321. The van der Waals surface area contributed by atoms with Gasteiger partial charge in [-0.15, -0.1) is 0 Å². The fourth-order valence-electron chi connectivity index (χ4n) is 4.25. The van der Waals surface area contributed by atoms with E-state index in [1.165, 1.54) is 0 Å². The molecule has 1 saturated heterocycles. The normalized spacial score (nSPS) is 20.1. The van der Waals surface area contributed by atoms with E-state index < -0.39 is 36.4 Å². The molecule has 2 aromatic carbocycles. The highest BCUT2D eigenvalue weighted by Gasteiger charge is 2.51. The highest BCUT2D eigenvalue weighted by Crippen LogP contribution is 2.36. The van der Waals surface area contributed by atoms with E-state index in [0.717, 1.165) is 10.5 Å². The van der Waals surface area contributed by atoms with Crippen LogP contribution in [0.2, 0.25) is 5.02 Å². The first-order valence-corrected chi connectivity index (χ1v) is 12.0. The molecule has 1 aliphatic carbocycles. The summed E-state index contributed by atoms with van der Waals surface area (Å²) in [4.78, 5) is 52.7. The Morgan fingerprint density at radius 2 is 1.71 bits per heavy atom. The maximum atomic E-state index is 13.1. The van der Waals surface area contributed by atoms with Gasteiger partial charge >= 0.3 is 5.97 Å². The molecule has 4 rings (SSSR count). The van der Waals surface area contributed by atoms with Gasteiger partial charge in [-0.1, -0.05) is 54.1 Å². The molecule has 1 aliphatic heterocycles. The standard InChI is InChI=1S/C25H22BrClN2O5/c26-19-11-10-16(13-20(19)27)28-22(30)14-34-25(33)21(12-15-6-2-1-3-7-15)29-23(31)17-8-4-5-9-18(17)24(29)32/h1-7,10-11,13,17-18,21H,8-9,12,14H2,(H,28,30)/t17-,18-,21+/m1/s1. The van der Waals surface area contributed by atoms with Crippen molar-refractivity contribution < 1.29 is 23.9 Å². The van der Waals surface area contributed by atoms with Gasteiger partial charge in [0.25, 0.3) is 5.91 Å². The summed E-state index contributed by atoms with van der Waals surface area (Å²) in [6, 6.07) is 12.8. The second kappa shape index (κ2) is 10.5. The number of likely N-dealkylation sites (tertiary alicyclic amines) is 1. The highest BCUT2D eigenvalue weighted by molar-refractivity contribution is 9.10. The number of hydrogen-bond acceptors (Lipinski definition) is 5. The Morgan fingerprint density at radius 3 is 2.32 bits per heavy atom. The molecule has 1 N–H and O–H groups in total. The number of hydrogen-bond donors (Lipinski definition) is 1. The first-order valence-electron chi connectivity index (χ1n) is 10.8. The maximum absolute atomic E-state index is 13.1. The number of anilines is 1. The Morgan fingerprint density at radius 1 is 1.06 bits per heavy atom. The van der Waals surface area contributed by atoms with Crippen molar-refractivity contribution >= 4 is 56.9 Å². The van der Waals surface area contributed by atoms with Gasteiger partial charge in [0.2, 0.25) is 11.8 Å². The van der Waals surface area contributed by atoms with E-state index in [2.05, 4.69) is 21.2 Å². The van der Waals surface area contributed by atoms with Crippen LogP contribution in [0.3, 0.4) is 0 Å². The third kappa shape index (κ3) is 5.23. The molecule has 9 heteroatoms. The average molecular weight is 546 g/mol. The van der Waals surface area contributed by atoms with E-state index in [-0.39, 0.29) is 18.2 Å². The van der Waals surface area contributed by atoms with Crippen LogP contribution in [0.1, 0.15) is 18.4 Å². The first-order chi connectivity index (χ1) is 16.3. The highest BCUT2D eigenvalue weighted by atomic mass is 79.9. The number of halogens is 2. The number of benzene rings is 2. The smallest absolute Gasteiger partial charge is 0.330 e. The Kier molecular flexibility index (Phi) is 7.48. The summed E-state index contributed by atoms with van der Waals surface area (Å²) >= 11 is 9.31. The van der Waals surface area contributed by atoms with Crippen molar-refractivity contribution in [2.45, 2.75) is 25.3 Å². The summed E-state index contributed by atoms with van der Waals surface area (Å²) in [7, 11) is 0. The van der Waals surface area contributed by atoms with Gasteiger partial charge in [-0.25, -0.2) is 4.79 Å². The molecule has 2 aliphatic rings. The summed E-state index contributed by atoms with van der Waals surface area (Å²) in [5.74, 6) is -3.04. The molecule has 0 radical (unpaired) electrons. The van der Waals surface area contributed by atoms with Crippen molar-refractivity contribution in [3.05, 3.63) is 75.7 Å². The number of esters is 1. The Bertz CT molecular complexity index is 1130. The van der Waals surface area contributed by atoms with Crippen LogP contribution in [-0.2, 0) is 30.3 Å². The number of nitrogens with one attached hydrogen (secondary N) is 1. The Labute approximate surface area is 210 Å². The molecule has 1 heterocycles. The van der Waals surface area contributed by atoms with Crippen LogP contribution in [0, 0.1) is 11.8 Å². The second-order valence-electron chi connectivity index (χ2n) is 8.19. The topological polar surface area (TPSA) is 92.8 Å². The van der Waals surface area contributed by atoms with Crippen molar-refractivity contribution in [2.24, 2.45) is 11.8 Å². The van der Waals surface area contributed by atoms with Crippen LogP contribution in [0.25, 0.3) is 0 Å². The van der Waals surface area contributed by atoms with Gasteiger partial charge in [-0.2, -0.15) is 0 Å². The number of allylic oxidation sites excluding steroid dienone is 2. The lowest BCUT2D eigenvalue weighted by Crippen LogP contribution is -2.48. The van der Waals surface area contributed by atoms with Crippen LogP contribution in [0.15, 0.2) is 65.2 Å². The van der Waals surface area contributed by atoms with Crippen LogP contribution >= 0.6 is 27.5 Å². The van der Waals surface area contributed by atoms with Gasteiger partial charge in [-0.05, 0) is 52.5 Å². The van der Waals surface area contributed by atoms with E-state index in [4.69, 9.17) is 16.3 Å². The molecule has 2 aromatic rings. The molecule has 34 heavy (non-hydrogen) atoms. The summed E-state index contributed by atoms with van der Waals surface area (Å²) < 4.78 is 5.95. The maximum Gasteiger partial charge on any atom is 0.330 e. The van der Waals surface area contributed by atoms with E-state index in [1.807, 2.05) is 42.5 Å². The van der Waals surface area contributed by atoms with Crippen molar-refractivity contribution in [3.63, 3.8) is 0 Å². The minimum atomic E-state index is -1.15. The number of carbonyl (C=O) groups excluding carboxylic acids is 4. The SMILES string of the molecule is O=C(COC(=O)[C@H](Cc1ccccc1)N1C(=O)[C@@H]2CC=CC[C@H]2C1=O)Nc1ccc(Br)c(Cl)c1. The van der Waals surface area contributed by atoms with E-state index >= 15 is 0 Å². The van der Waals surface area contributed by atoms with Crippen molar-refractivity contribution in [1.82, 2.24) is 4.90 Å². The van der Waals surface area contributed by atoms with Crippen molar-refractivity contribution in [2.75, 3.05) is 11.9 Å².